The topological polar surface area (TPSA) is 38.3 Å². The van der Waals surface area contributed by atoms with Crippen LogP contribution in [-0.4, -0.2) is 13.0 Å². The summed E-state index contributed by atoms with van der Waals surface area (Å²) in [6, 6.07) is 19.3. The maximum Gasteiger partial charge on any atom is 0.252 e. The molecule has 0 bridgehead atoms. The number of rotatable bonds is 5. The van der Waals surface area contributed by atoms with E-state index in [0.717, 1.165) is 23.3 Å². The Balaban J connectivity index is 1.92. The quantitative estimate of drug-likeness (QED) is 0.734. The highest BCUT2D eigenvalue weighted by Gasteiger charge is 2.19. The van der Waals surface area contributed by atoms with Crippen LogP contribution in [0.2, 0.25) is 0 Å². The van der Waals surface area contributed by atoms with Gasteiger partial charge in [-0.2, -0.15) is 0 Å². The average Bonchev–Trinajstić information content (AvgIpc) is 2.69. The highest BCUT2D eigenvalue weighted by Crippen LogP contribution is 2.24. The van der Waals surface area contributed by atoms with Crippen molar-refractivity contribution >= 4 is 5.91 Å². The summed E-state index contributed by atoms with van der Waals surface area (Å²) in [4.78, 5) is 12.6. The van der Waals surface area contributed by atoms with E-state index in [4.69, 9.17) is 4.74 Å². The van der Waals surface area contributed by atoms with Crippen LogP contribution < -0.4 is 10.1 Å². The molecule has 0 fully saturated rings. The van der Waals surface area contributed by atoms with E-state index in [1.54, 1.807) is 19.2 Å². The number of carbonyl (C=O) groups is 1. The number of hydrogen-bond acceptors (Lipinski definition) is 2. The summed E-state index contributed by atoms with van der Waals surface area (Å²) in [7, 11) is 1.58. The molecule has 0 aromatic heterocycles. The number of halogens is 2. The van der Waals surface area contributed by atoms with Crippen molar-refractivity contribution in [3.8, 4) is 5.75 Å². The molecule has 1 atom stereocenters. The van der Waals surface area contributed by atoms with Crippen LogP contribution in [0.4, 0.5) is 8.78 Å². The van der Waals surface area contributed by atoms with Gasteiger partial charge in [-0.3, -0.25) is 4.79 Å². The third-order valence-electron chi connectivity index (χ3n) is 4.04. The Hall–Kier alpha value is -3.21. The minimum absolute atomic E-state index is 0.0540. The van der Waals surface area contributed by atoms with Gasteiger partial charge in [0.15, 0.2) is 11.6 Å². The van der Waals surface area contributed by atoms with Gasteiger partial charge in [-0.15, -0.1) is 0 Å². The van der Waals surface area contributed by atoms with E-state index in [9.17, 15) is 13.6 Å². The molecule has 26 heavy (non-hydrogen) atoms. The highest BCUT2D eigenvalue weighted by atomic mass is 19.2. The Kier molecular flexibility index (Phi) is 5.27. The van der Waals surface area contributed by atoms with Gasteiger partial charge in [0, 0.05) is 5.56 Å². The largest absolute Gasteiger partial charge is 0.497 e. The van der Waals surface area contributed by atoms with Gasteiger partial charge in [-0.05, 0) is 41.5 Å². The molecule has 0 radical (unpaired) electrons. The highest BCUT2D eigenvalue weighted by molar-refractivity contribution is 5.94. The lowest BCUT2D eigenvalue weighted by Crippen LogP contribution is -2.29. The summed E-state index contributed by atoms with van der Waals surface area (Å²) in [5, 5.41) is 2.88. The lowest BCUT2D eigenvalue weighted by atomic mass is 9.98. The first kappa shape index (κ1) is 17.6. The molecule has 3 aromatic rings. The second kappa shape index (κ2) is 7.78. The van der Waals surface area contributed by atoms with Crippen molar-refractivity contribution in [1.29, 1.82) is 0 Å². The molecule has 3 aromatic carbocycles. The maximum atomic E-state index is 13.4. The molecule has 132 valence electrons. The predicted molar refractivity (Wildman–Crippen MR) is 95.1 cm³/mol. The fourth-order valence-corrected chi connectivity index (χ4v) is 2.65. The van der Waals surface area contributed by atoms with E-state index in [0.29, 0.717) is 5.75 Å². The summed E-state index contributed by atoms with van der Waals surface area (Å²) >= 11 is 0. The number of nitrogens with one attached hydrogen (secondary N) is 1. The Bertz CT molecular complexity index is 896. The van der Waals surface area contributed by atoms with Gasteiger partial charge in [0.1, 0.15) is 5.75 Å². The first-order chi connectivity index (χ1) is 12.6. The van der Waals surface area contributed by atoms with Crippen LogP contribution in [0.15, 0.2) is 72.8 Å². The minimum atomic E-state index is -1.06. The third kappa shape index (κ3) is 3.88. The van der Waals surface area contributed by atoms with Gasteiger partial charge in [-0.25, -0.2) is 8.78 Å². The van der Waals surface area contributed by atoms with Crippen LogP contribution in [0.3, 0.4) is 0 Å². The van der Waals surface area contributed by atoms with E-state index in [-0.39, 0.29) is 5.56 Å². The molecule has 3 nitrogen and oxygen atoms in total. The molecule has 1 amide bonds. The Labute approximate surface area is 150 Å². The molecule has 0 heterocycles. The van der Waals surface area contributed by atoms with Crippen LogP contribution in [0.1, 0.15) is 27.5 Å². The predicted octanol–water partition coefficient (Wildman–Crippen LogP) is 4.49. The molecule has 3 rings (SSSR count). The lowest BCUT2D eigenvalue weighted by molar-refractivity contribution is 0.0942. The van der Waals surface area contributed by atoms with E-state index in [1.807, 2.05) is 42.5 Å². The lowest BCUT2D eigenvalue weighted by Gasteiger charge is -2.20. The molecule has 0 aliphatic heterocycles. The van der Waals surface area contributed by atoms with Gasteiger partial charge >= 0.3 is 0 Å². The Morgan fingerprint density at radius 1 is 0.885 bits per heavy atom. The normalized spacial score (nSPS) is 11.7. The summed E-state index contributed by atoms with van der Waals surface area (Å²) in [5.74, 6) is -1.84. The molecule has 0 unspecified atom stereocenters. The Morgan fingerprint density at radius 3 is 2.15 bits per heavy atom. The molecular formula is C21H17F2NO2. The smallest absolute Gasteiger partial charge is 0.252 e. The van der Waals surface area contributed by atoms with Crippen molar-refractivity contribution in [3.05, 3.63) is 101 Å². The summed E-state index contributed by atoms with van der Waals surface area (Å²) in [6.45, 7) is 0. The molecular weight excluding hydrogens is 336 g/mol. The molecule has 0 aliphatic rings. The van der Waals surface area contributed by atoms with Crippen LogP contribution >= 0.6 is 0 Å². The number of benzene rings is 3. The third-order valence-corrected chi connectivity index (χ3v) is 4.04. The zero-order valence-electron chi connectivity index (χ0n) is 14.1. The van der Waals surface area contributed by atoms with Crippen LogP contribution in [-0.2, 0) is 0 Å². The summed E-state index contributed by atoms with van der Waals surface area (Å²) < 4.78 is 31.7. The standard InChI is InChI=1S/C21H17F2NO2/c1-26-17-10-7-15(8-11-17)20(14-5-3-2-4-6-14)24-21(25)16-9-12-18(22)19(23)13-16/h2-13,20H,1H3,(H,24,25)/t20-/m1/s1. The second-order valence-electron chi connectivity index (χ2n) is 5.72. The number of hydrogen-bond donors (Lipinski definition) is 1. The van der Waals surface area contributed by atoms with E-state index in [2.05, 4.69) is 5.32 Å². The van der Waals surface area contributed by atoms with E-state index in [1.165, 1.54) is 6.07 Å². The molecule has 0 saturated carbocycles. The van der Waals surface area contributed by atoms with Gasteiger partial charge in [0.25, 0.3) is 5.91 Å². The number of ether oxygens (including phenoxy) is 1. The van der Waals surface area contributed by atoms with Crippen molar-refractivity contribution in [2.45, 2.75) is 6.04 Å². The summed E-state index contributed by atoms with van der Waals surface area (Å²) in [5.41, 5.74) is 1.76. The zero-order valence-corrected chi connectivity index (χ0v) is 14.1. The average molecular weight is 353 g/mol. The van der Waals surface area contributed by atoms with Crippen molar-refractivity contribution in [3.63, 3.8) is 0 Å². The first-order valence-corrected chi connectivity index (χ1v) is 8.03. The molecule has 0 aliphatic carbocycles. The van der Waals surface area contributed by atoms with E-state index < -0.39 is 23.6 Å². The fourth-order valence-electron chi connectivity index (χ4n) is 2.65. The monoisotopic (exact) mass is 353 g/mol. The van der Waals surface area contributed by atoms with Crippen LogP contribution in [0.5, 0.6) is 5.75 Å². The molecule has 1 N–H and O–H groups in total. The first-order valence-electron chi connectivity index (χ1n) is 8.03. The fraction of sp³-hybridized carbons (Fsp3) is 0.0952. The second-order valence-corrected chi connectivity index (χ2v) is 5.72. The van der Waals surface area contributed by atoms with Crippen molar-refractivity contribution in [2.24, 2.45) is 0 Å². The van der Waals surface area contributed by atoms with Crippen LogP contribution in [0, 0.1) is 11.6 Å². The van der Waals surface area contributed by atoms with Crippen molar-refractivity contribution < 1.29 is 18.3 Å². The summed E-state index contributed by atoms with van der Waals surface area (Å²) in [6.07, 6.45) is 0. The zero-order chi connectivity index (χ0) is 18.5. The minimum Gasteiger partial charge on any atom is -0.497 e. The number of carbonyl (C=O) groups excluding carboxylic acids is 1. The van der Waals surface area contributed by atoms with E-state index >= 15 is 0 Å². The molecule has 0 saturated heterocycles. The van der Waals surface area contributed by atoms with Crippen LogP contribution in [0.25, 0.3) is 0 Å². The van der Waals surface area contributed by atoms with Gasteiger partial charge < -0.3 is 10.1 Å². The molecule has 5 heteroatoms. The Morgan fingerprint density at radius 2 is 1.54 bits per heavy atom. The SMILES string of the molecule is COc1ccc([C@H](NC(=O)c2ccc(F)c(F)c2)c2ccccc2)cc1. The van der Waals surface area contributed by atoms with Crippen molar-refractivity contribution in [1.82, 2.24) is 5.32 Å². The maximum absolute atomic E-state index is 13.4. The van der Waals surface area contributed by atoms with Gasteiger partial charge in [0.05, 0.1) is 13.2 Å². The molecule has 0 spiro atoms. The number of methoxy groups -OCH3 is 1. The van der Waals surface area contributed by atoms with Gasteiger partial charge in [-0.1, -0.05) is 42.5 Å². The van der Waals surface area contributed by atoms with Gasteiger partial charge in [0.2, 0.25) is 0 Å². The number of amides is 1. The van der Waals surface area contributed by atoms with Crippen molar-refractivity contribution in [2.75, 3.05) is 7.11 Å².